The molecule has 0 unspecified atom stereocenters. The maximum Gasteiger partial charge on any atom is 0.254 e. The van der Waals surface area contributed by atoms with E-state index < -0.39 is 0 Å². The second kappa shape index (κ2) is 7.49. The molecule has 0 aliphatic rings. The standard InChI is InChI=1S/C19H17ClN4O2/c1-12-3-4-15(10-16(12)20)23-17(25)11-24-18(26)9-13(2)22-19(24)14-5-7-21-8-6-14/h3-10H,11H2,1-2H3,(H,23,25). The van der Waals surface area contributed by atoms with Gasteiger partial charge in [0.25, 0.3) is 5.56 Å². The van der Waals surface area contributed by atoms with E-state index in [1.807, 2.05) is 13.0 Å². The fourth-order valence-electron chi connectivity index (χ4n) is 2.51. The summed E-state index contributed by atoms with van der Waals surface area (Å²) in [6.45, 7) is 3.46. The number of hydrogen-bond acceptors (Lipinski definition) is 4. The van der Waals surface area contributed by atoms with Crippen LogP contribution in [-0.4, -0.2) is 20.4 Å². The highest BCUT2D eigenvalue weighted by molar-refractivity contribution is 6.31. The molecular weight excluding hydrogens is 352 g/mol. The molecule has 3 aromatic rings. The van der Waals surface area contributed by atoms with E-state index in [4.69, 9.17) is 11.6 Å². The molecule has 0 aliphatic heterocycles. The predicted molar refractivity (Wildman–Crippen MR) is 101 cm³/mol. The van der Waals surface area contributed by atoms with Gasteiger partial charge >= 0.3 is 0 Å². The molecule has 6 nitrogen and oxygen atoms in total. The van der Waals surface area contributed by atoms with Gasteiger partial charge in [0.15, 0.2) is 0 Å². The van der Waals surface area contributed by atoms with Crippen molar-refractivity contribution in [3.05, 3.63) is 75.4 Å². The maximum atomic E-state index is 12.4. The quantitative estimate of drug-likeness (QED) is 0.767. The van der Waals surface area contributed by atoms with Gasteiger partial charge in [-0.2, -0.15) is 0 Å². The van der Waals surface area contributed by atoms with Gasteiger partial charge in [-0.1, -0.05) is 17.7 Å². The lowest BCUT2D eigenvalue weighted by atomic mass is 10.2. The van der Waals surface area contributed by atoms with Crippen LogP contribution in [0.4, 0.5) is 5.69 Å². The van der Waals surface area contributed by atoms with Gasteiger partial charge in [-0.15, -0.1) is 0 Å². The molecule has 0 atom stereocenters. The maximum absolute atomic E-state index is 12.4. The predicted octanol–water partition coefficient (Wildman–Crippen LogP) is 3.21. The average Bonchev–Trinajstić information content (AvgIpc) is 2.61. The number of amides is 1. The summed E-state index contributed by atoms with van der Waals surface area (Å²) in [4.78, 5) is 33.3. The van der Waals surface area contributed by atoms with Gasteiger partial charge in [0.2, 0.25) is 5.91 Å². The van der Waals surface area contributed by atoms with Gasteiger partial charge in [-0.05, 0) is 43.7 Å². The Morgan fingerprint density at radius 2 is 1.88 bits per heavy atom. The zero-order chi connectivity index (χ0) is 18.7. The van der Waals surface area contributed by atoms with Crippen LogP contribution in [0.5, 0.6) is 0 Å². The van der Waals surface area contributed by atoms with E-state index in [0.29, 0.717) is 27.8 Å². The van der Waals surface area contributed by atoms with Gasteiger partial charge in [0.1, 0.15) is 12.4 Å². The van der Waals surface area contributed by atoms with Crippen LogP contribution < -0.4 is 10.9 Å². The fraction of sp³-hybridized carbons (Fsp3) is 0.158. The summed E-state index contributed by atoms with van der Waals surface area (Å²) < 4.78 is 1.34. The Hall–Kier alpha value is -2.99. The Morgan fingerprint density at radius 1 is 1.15 bits per heavy atom. The smallest absolute Gasteiger partial charge is 0.254 e. The Balaban J connectivity index is 1.90. The van der Waals surface area contributed by atoms with Gasteiger partial charge < -0.3 is 5.32 Å². The number of nitrogens with zero attached hydrogens (tertiary/aromatic N) is 3. The summed E-state index contributed by atoms with van der Waals surface area (Å²) in [7, 11) is 0. The van der Waals surface area contributed by atoms with Crippen LogP contribution >= 0.6 is 11.6 Å². The molecular formula is C19H17ClN4O2. The lowest BCUT2D eigenvalue weighted by molar-refractivity contribution is -0.116. The Morgan fingerprint density at radius 3 is 2.58 bits per heavy atom. The molecule has 1 amide bonds. The summed E-state index contributed by atoms with van der Waals surface area (Å²) in [6.07, 6.45) is 3.23. The Labute approximate surface area is 155 Å². The monoisotopic (exact) mass is 368 g/mol. The van der Waals surface area contributed by atoms with Crippen molar-refractivity contribution in [2.75, 3.05) is 5.32 Å². The molecule has 0 aliphatic carbocycles. The first-order valence-electron chi connectivity index (χ1n) is 7.99. The summed E-state index contributed by atoms with van der Waals surface area (Å²) in [5.74, 6) is 0.0856. The third-order valence-electron chi connectivity index (χ3n) is 3.83. The second-order valence-corrected chi connectivity index (χ2v) is 6.30. The van der Waals surface area contributed by atoms with Gasteiger partial charge in [-0.3, -0.25) is 19.1 Å². The van der Waals surface area contributed by atoms with Crippen molar-refractivity contribution >= 4 is 23.2 Å². The molecule has 1 N–H and O–H groups in total. The van der Waals surface area contributed by atoms with E-state index in [9.17, 15) is 9.59 Å². The number of hydrogen-bond donors (Lipinski definition) is 1. The molecule has 0 radical (unpaired) electrons. The molecule has 0 bridgehead atoms. The summed E-state index contributed by atoms with van der Waals surface area (Å²) in [5, 5.41) is 3.32. The van der Waals surface area contributed by atoms with Crippen molar-refractivity contribution in [1.82, 2.24) is 14.5 Å². The molecule has 0 spiro atoms. The number of carbonyl (C=O) groups excluding carboxylic acids is 1. The number of pyridine rings is 1. The van der Waals surface area contributed by atoms with Gasteiger partial charge in [0.05, 0.1) is 0 Å². The van der Waals surface area contributed by atoms with E-state index in [0.717, 1.165) is 5.56 Å². The van der Waals surface area contributed by atoms with Gasteiger partial charge in [0, 0.05) is 40.4 Å². The lowest BCUT2D eigenvalue weighted by Gasteiger charge is -2.13. The zero-order valence-corrected chi connectivity index (χ0v) is 15.1. The number of halogens is 1. The molecule has 1 aromatic carbocycles. The van der Waals surface area contributed by atoms with E-state index in [1.165, 1.54) is 10.6 Å². The highest BCUT2D eigenvalue weighted by Gasteiger charge is 2.13. The summed E-state index contributed by atoms with van der Waals surface area (Å²) >= 11 is 6.08. The molecule has 26 heavy (non-hydrogen) atoms. The lowest BCUT2D eigenvalue weighted by Crippen LogP contribution is -2.29. The van der Waals surface area contributed by atoms with Crippen LogP contribution in [0.25, 0.3) is 11.4 Å². The minimum Gasteiger partial charge on any atom is -0.324 e. The van der Waals surface area contributed by atoms with Crippen molar-refractivity contribution in [3.8, 4) is 11.4 Å². The van der Waals surface area contributed by atoms with Crippen molar-refractivity contribution in [2.45, 2.75) is 20.4 Å². The molecule has 2 aromatic heterocycles. The van der Waals surface area contributed by atoms with Crippen LogP contribution in [0.15, 0.2) is 53.6 Å². The van der Waals surface area contributed by atoms with Crippen LogP contribution in [0, 0.1) is 13.8 Å². The number of carbonyl (C=O) groups is 1. The first kappa shape index (κ1) is 17.8. The third kappa shape index (κ3) is 3.97. The van der Waals surface area contributed by atoms with Crippen molar-refractivity contribution in [2.24, 2.45) is 0 Å². The highest BCUT2D eigenvalue weighted by Crippen LogP contribution is 2.20. The third-order valence-corrected chi connectivity index (χ3v) is 4.24. The number of nitrogens with one attached hydrogen (secondary N) is 1. The Kier molecular flexibility index (Phi) is 5.14. The number of aromatic nitrogens is 3. The number of benzene rings is 1. The number of rotatable bonds is 4. The van der Waals surface area contributed by atoms with Crippen LogP contribution in [-0.2, 0) is 11.3 Å². The largest absolute Gasteiger partial charge is 0.324 e. The molecule has 0 fully saturated rings. The zero-order valence-electron chi connectivity index (χ0n) is 14.4. The van der Waals surface area contributed by atoms with Crippen LogP contribution in [0.2, 0.25) is 5.02 Å². The molecule has 132 valence electrons. The van der Waals surface area contributed by atoms with Crippen molar-refractivity contribution in [3.63, 3.8) is 0 Å². The van der Waals surface area contributed by atoms with Gasteiger partial charge in [-0.25, -0.2) is 4.98 Å². The van der Waals surface area contributed by atoms with Crippen molar-refractivity contribution in [1.29, 1.82) is 0 Å². The van der Waals surface area contributed by atoms with E-state index in [1.54, 1.807) is 43.6 Å². The minimum absolute atomic E-state index is 0.157. The van der Waals surface area contributed by atoms with Crippen LogP contribution in [0.3, 0.4) is 0 Å². The summed E-state index contributed by atoms with van der Waals surface area (Å²) in [6, 6.07) is 10.2. The van der Waals surface area contributed by atoms with E-state index >= 15 is 0 Å². The highest BCUT2D eigenvalue weighted by atomic mass is 35.5. The topological polar surface area (TPSA) is 76.9 Å². The molecule has 0 saturated carbocycles. The van der Waals surface area contributed by atoms with Crippen molar-refractivity contribution < 1.29 is 4.79 Å². The normalized spacial score (nSPS) is 10.6. The Bertz CT molecular complexity index is 1020. The molecule has 2 heterocycles. The number of aryl methyl sites for hydroxylation is 2. The molecule has 7 heteroatoms. The first-order chi connectivity index (χ1) is 12.4. The van der Waals surface area contributed by atoms with E-state index in [-0.39, 0.29) is 18.0 Å². The van der Waals surface area contributed by atoms with Crippen LogP contribution in [0.1, 0.15) is 11.3 Å². The average molecular weight is 369 g/mol. The number of anilines is 1. The van der Waals surface area contributed by atoms with E-state index in [2.05, 4.69) is 15.3 Å². The SMILES string of the molecule is Cc1cc(=O)n(CC(=O)Nc2ccc(C)c(Cl)c2)c(-c2ccncc2)n1. The molecule has 0 saturated heterocycles. The second-order valence-electron chi connectivity index (χ2n) is 5.89. The first-order valence-corrected chi connectivity index (χ1v) is 8.37. The molecule has 3 rings (SSSR count). The minimum atomic E-state index is -0.340. The fourth-order valence-corrected chi connectivity index (χ4v) is 2.69. The summed E-state index contributed by atoms with van der Waals surface area (Å²) in [5.41, 5.74) is 2.50.